The van der Waals surface area contributed by atoms with Crippen molar-refractivity contribution in [2.45, 2.75) is 37.3 Å². The second kappa shape index (κ2) is 8.61. The van der Waals surface area contributed by atoms with Crippen LogP contribution in [0.4, 0.5) is 8.78 Å². The molecule has 4 aromatic heterocycles. The van der Waals surface area contributed by atoms with Crippen LogP contribution in [-0.4, -0.2) is 44.8 Å². The largest absolute Gasteiger partial charge is 0.390 e. The van der Waals surface area contributed by atoms with Crippen molar-refractivity contribution in [3.8, 4) is 28.1 Å². The molecule has 1 saturated carbocycles. The van der Waals surface area contributed by atoms with E-state index in [4.69, 9.17) is 11.6 Å². The summed E-state index contributed by atoms with van der Waals surface area (Å²) in [6, 6.07) is 7.30. The molecule has 1 atom stereocenters. The SMILES string of the molecule is O=c1cc(-c2c(-n3cnnn3)ccc(Cl)c2F)cc2n1[C@@H](c1ncc(-c3ccnc(CO)c3F)[nH]1)CC21CC1. The van der Waals surface area contributed by atoms with Crippen LogP contribution >= 0.6 is 11.6 Å². The third-order valence-corrected chi connectivity index (χ3v) is 7.92. The predicted molar refractivity (Wildman–Crippen MR) is 135 cm³/mol. The van der Waals surface area contributed by atoms with Gasteiger partial charge in [-0.3, -0.25) is 9.78 Å². The number of hydrogen-bond donors (Lipinski definition) is 2. The van der Waals surface area contributed by atoms with Gasteiger partial charge in [-0.2, -0.15) is 4.68 Å². The van der Waals surface area contributed by atoms with Crippen molar-refractivity contribution in [2.75, 3.05) is 0 Å². The number of H-pyrrole nitrogens is 1. The van der Waals surface area contributed by atoms with Crippen LogP contribution in [0.2, 0.25) is 5.02 Å². The number of nitrogens with zero attached hydrogens (tertiary/aromatic N) is 7. The molecule has 13 heteroatoms. The van der Waals surface area contributed by atoms with Crippen molar-refractivity contribution in [1.29, 1.82) is 0 Å². The molecule has 1 aliphatic heterocycles. The number of pyridine rings is 2. The lowest BCUT2D eigenvalue weighted by Crippen LogP contribution is -2.24. The highest BCUT2D eigenvalue weighted by atomic mass is 35.5. The zero-order valence-corrected chi connectivity index (χ0v) is 20.9. The van der Waals surface area contributed by atoms with E-state index in [1.54, 1.807) is 10.6 Å². The number of aliphatic hydroxyl groups excluding tert-OH is 1. The molecule has 1 aliphatic carbocycles. The molecule has 0 bridgehead atoms. The molecular weight excluding hydrogens is 530 g/mol. The third-order valence-electron chi connectivity index (χ3n) is 7.63. The van der Waals surface area contributed by atoms with E-state index in [0.29, 0.717) is 29.2 Å². The molecule has 2 aliphatic rings. The van der Waals surface area contributed by atoms with E-state index in [0.717, 1.165) is 18.5 Å². The van der Waals surface area contributed by atoms with Gasteiger partial charge in [0.25, 0.3) is 5.56 Å². The Morgan fingerprint density at radius 3 is 2.74 bits per heavy atom. The summed E-state index contributed by atoms with van der Waals surface area (Å²) in [5.41, 5.74) is 1.63. The van der Waals surface area contributed by atoms with Crippen molar-refractivity contribution in [1.82, 2.24) is 39.7 Å². The topological polar surface area (TPSA) is 127 Å². The summed E-state index contributed by atoms with van der Waals surface area (Å²) in [5.74, 6) is -0.801. The van der Waals surface area contributed by atoms with Gasteiger partial charge in [0.05, 0.1) is 35.2 Å². The Labute approximate surface area is 223 Å². The summed E-state index contributed by atoms with van der Waals surface area (Å²) in [6.07, 6.45) is 6.63. The molecule has 1 aromatic carbocycles. The number of tetrazole rings is 1. The second-order valence-electron chi connectivity index (χ2n) is 9.81. The van der Waals surface area contributed by atoms with Crippen LogP contribution in [0.15, 0.2) is 53.8 Å². The van der Waals surface area contributed by atoms with Gasteiger partial charge in [0.15, 0.2) is 11.6 Å². The number of benzene rings is 1. The molecule has 1 spiro atoms. The van der Waals surface area contributed by atoms with E-state index >= 15 is 4.39 Å². The highest BCUT2D eigenvalue weighted by Gasteiger charge is 2.54. The number of nitrogens with one attached hydrogen (secondary N) is 1. The van der Waals surface area contributed by atoms with Crippen molar-refractivity contribution in [3.05, 3.63) is 93.3 Å². The van der Waals surface area contributed by atoms with Gasteiger partial charge >= 0.3 is 0 Å². The van der Waals surface area contributed by atoms with Gasteiger partial charge in [-0.25, -0.2) is 13.8 Å². The van der Waals surface area contributed by atoms with Gasteiger partial charge in [-0.05, 0) is 59.5 Å². The molecular formula is C26H19ClF2N8O2. The molecule has 0 radical (unpaired) electrons. The average molecular weight is 549 g/mol. The first-order valence-electron chi connectivity index (χ1n) is 12.2. The van der Waals surface area contributed by atoms with Gasteiger partial charge in [0, 0.05) is 34.5 Å². The van der Waals surface area contributed by atoms with Crippen molar-refractivity contribution >= 4 is 11.6 Å². The average Bonchev–Trinajstić information content (AvgIpc) is 3.29. The minimum atomic E-state index is -0.675. The highest BCUT2D eigenvalue weighted by molar-refractivity contribution is 6.31. The van der Waals surface area contributed by atoms with Crippen LogP contribution in [0.25, 0.3) is 28.1 Å². The van der Waals surface area contributed by atoms with Gasteiger partial charge in [-0.15, -0.1) is 5.10 Å². The summed E-state index contributed by atoms with van der Waals surface area (Å²) in [4.78, 5) is 25.1. The fourth-order valence-corrected chi connectivity index (χ4v) is 5.73. The maximum absolute atomic E-state index is 15.4. The van der Waals surface area contributed by atoms with Crippen LogP contribution in [0.5, 0.6) is 0 Å². The number of aromatic amines is 1. The van der Waals surface area contributed by atoms with Gasteiger partial charge in [0.1, 0.15) is 17.8 Å². The molecule has 1 fully saturated rings. The van der Waals surface area contributed by atoms with E-state index in [9.17, 15) is 14.3 Å². The second-order valence-corrected chi connectivity index (χ2v) is 10.2. The zero-order valence-electron chi connectivity index (χ0n) is 20.1. The smallest absolute Gasteiger partial charge is 0.252 e. The molecule has 5 heterocycles. The molecule has 196 valence electrons. The minimum Gasteiger partial charge on any atom is -0.390 e. The number of rotatable bonds is 5. The quantitative estimate of drug-likeness (QED) is 0.342. The van der Waals surface area contributed by atoms with Crippen LogP contribution in [0.1, 0.15) is 42.5 Å². The molecule has 39 heavy (non-hydrogen) atoms. The zero-order chi connectivity index (χ0) is 26.9. The Balaban J connectivity index is 1.34. The van der Waals surface area contributed by atoms with Crippen LogP contribution in [0, 0.1) is 11.6 Å². The van der Waals surface area contributed by atoms with Crippen molar-refractivity contribution in [2.24, 2.45) is 0 Å². The number of halogens is 3. The van der Waals surface area contributed by atoms with E-state index < -0.39 is 24.3 Å². The molecule has 0 saturated heterocycles. The Morgan fingerprint density at radius 2 is 2.00 bits per heavy atom. The Hall–Kier alpha value is -4.29. The molecule has 10 nitrogen and oxygen atoms in total. The highest BCUT2D eigenvalue weighted by Crippen LogP contribution is 2.58. The van der Waals surface area contributed by atoms with E-state index in [2.05, 4.69) is 30.5 Å². The van der Waals surface area contributed by atoms with E-state index in [1.807, 2.05) is 6.07 Å². The minimum absolute atomic E-state index is 0.0650. The van der Waals surface area contributed by atoms with Crippen LogP contribution < -0.4 is 5.56 Å². The lowest BCUT2D eigenvalue weighted by Gasteiger charge is -2.16. The van der Waals surface area contributed by atoms with Crippen LogP contribution in [0.3, 0.4) is 0 Å². The maximum atomic E-state index is 15.4. The van der Waals surface area contributed by atoms with Gasteiger partial charge in [0.2, 0.25) is 0 Å². The predicted octanol–water partition coefficient (Wildman–Crippen LogP) is 3.72. The first-order valence-corrected chi connectivity index (χ1v) is 12.6. The molecule has 0 amide bonds. The summed E-state index contributed by atoms with van der Waals surface area (Å²) in [7, 11) is 0. The number of aromatic nitrogens is 8. The van der Waals surface area contributed by atoms with E-state index in [1.165, 1.54) is 41.6 Å². The molecule has 7 rings (SSSR count). The lowest BCUT2D eigenvalue weighted by atomic mass is 9.95. The monoisotopic (exact) mass is 548 g/mol. The lowest BCUT2D eigenvalue weighted by molar-refractivity contribution is 0.270. The Bertz CT molecular complexity index is 1810. The van der Waals surface area contributed by atoms with Gasteiger partial charge in [-0.1, -0.05) is 11.6 Å². The molecule has 5 aromatic rings. The number of fused-ring (bicyclic) bond motifs is 2. The number of imidazole rings is 1. The van der Waals surface area contributed by atoms with Crippen molar-refractivity contribution < 1.29 is 13.9 Å². The van der Waals surface area contributed by atoms with E-state index in [-0.39, 0.29) is 32.8 Å². The fraction of sp³-hybridized carbons (Fsp3) is 0.231. The number of hydrogen-bond acceptors (Lipinski definition) is 7. The standard InChI is InChI=1S/C26H19ClF2N8O2/c27-15-1-2-18(36-12-32-34-35-36)22(24(15)29)13-7-20-26(4-5-26)9-19(37(20)21(39)8-13)25-31-10-16(33-25)14-3-6-30-17(11-38)23(14)28/h1-3,6-8,10,12,19,38H,4-5,9,11H2,(H,31,33)/t19-/m1/s1. The number of aliphatic hydroxyl groups is 1. The first-order chi connectivity index (χ1) is 18.9. The maximum Gasteiger partial charge on any atom is 0.252 e. The molecule has 0 unspecified atom stereocenters. The Morgan fingerprint density at radius 1 is 1.15 bits per heavy atom. The molecule has 2 N–H and O–H groups in total. The summed E-state index contributed by atoms with van der Waals surface area (Å²) in [6.45, 7) is -0.529. The first kappa shape index (κ1) is 23.8. The summed E-state index contributed by atoms with van der Waals surface area (Å²) >= 11 is 6.13. The van der Waals surface area contributed by atoms with Crippen LogP contribution in [-0.2, 0) is 12.0 Å². The summed E-state index contributed by atoms with van der Waals surface area (Å²) < 4.78 is 33.2. The third kappa shape index (κ3) is 3.62. The van der Waals surface area contributed by atoms with Crippen molar-refractivity contribution in [3.63, 3.8) is 0 Å². The summed E-state index contributed by atoms with van der Waals surface area (Å²) in [5, 5.41) is 20.4. The van der Waals surface area contributed by atoms with Gasteiger partial charge < -0.3 is 14.7 Å². The Kier molecular flexibility index (Phi) is 5.26. The normalized spacial score (nSPS) is 17.1. The fourth-order valence-electron chi connectivity index (χ4n) is 5.58.